The van der Waals surface area contributed by atoms with Crippen LogP contribution in [0.15, 0.2) is 52.5 Å². The number of esters is 1. The highest BCUT2D eigenvalue weighted by molar-refractivity contribution is 7.99. The number of halogens is 2. The number of carbonyl (C=O) groups is 1. The van der Waals surface area contributed by atoms with Crippen LogP contribution >= 0.6 is 11.8 Å². The fourth-order valence-corrected chi connectivity index (χ4v) is 4.95. The molecule has 222 valence electrons. The lowest BCUT2D eigenvalue weighted by atomic mass is 10.1. The van der Waals surface area contributed by atoms with E-state index in [1.807, 2.05) is 11.9 Å². The second-order valence-electron chi connectivity index (χ2n) is 9.19. The zero-order valence-electron chi connectivity index (χ0n) is 22.8. The highest BCUT2D eigenvalue weighted by Gasteiger charge is 2.27. The lowest BCUT2D eigenvalue weighted by molar-refractivity contribution is -0.144. The lowest BCUT2D eigenvalue weighted by Crippen LogP contribution is -2.32. The average Bonchev–Trinajstić information content (AvgIpc) is 3.39. The van der Waals surface area contributed by atoms with Crippen LogP contribution in [0.4, 0.5) is 8.78 Å². The molecule has 2 unspecified atom stereocenters. The Hall–Kier alpha value is -4.27. The zero-order chi connectivity index (χ0) is 30.4. The molecule has 0 amide bonds. The van der Waals surface area contributed by atoms with E-state index in [1.54, 1.807) is 31.3 Å². The SMILES string of the molecule is CCOC(=O)C(N)CCSc1ccc(Oc2c(F)cnc(Oc3cc(C(=N)N)ccc3O)c2F)c(C2N=CCN2C)c1. The number of thioether (sulfide) groups is 1. The van der Waals surface area contributed by atoms with E-state index in [9.17, 15) is 14.3 Å². The number of hydrogen-bond donors (Lipinski definition) is 4. The Balaban J connectivity index is 1.60. The molecule has 4 rings (SSSR count). The van der Waals surface area contributed by atoms with Gasteiger partial charge in [0, 0.05) is 34.5 Å². The molecule has 1 aromatic heterocycles. The van der Waals surface area contributed by atoms with E-state index in [-0.39, 0.29) is 35.3 Å². The standard InChI is InChI=1S/C28H30F2N6O5S/c1-3-39-28(38)19(31)8-11-42-16-5-7-21(17(13-16)26-34-9-10-36(26)2)40-24-18(29)14-35-27(23(24)30)41-22-12-15(25(32)33)4-6-20(22)37/h4-7,9,12-14,19,26,37H,3,8,10-11,31H2,1-2H3,(H3,32,33). The topological polar surface area (TPSA) is 169 Å². The number of nitrogens with one attached hydrogen (secondary N) is 1. The number of pyridine rings is 1. The maximum absolute atomic E-state index is 15.5. The summed E-state index contributed by atoms with van der Waals surface area (Å²) in [5.41, 5.74) is 12.1. The van der Waals surface area contributed by atoms with Gasteiger partial charge < -0.3 is 30.8 Å². The minimum atomic E-state index is -1.25. The number of amidine groups is 1. The Bertz CT molecular complexity index is 1510. The van der Waals surface area contributed by atoms with Crippen LogP contribution in [-0.4, -0.2) is 65.0 Å². The van der Waals surface area contributed by atoms with Crippen molar-refractivity contribution in [3.8, 4) is 28.9 Å². The van der Waals surface area contributed by atoms with Gasteiger partial charge in [0.15, 0.2) is 17.3 Å². The molecule has 2 heterocycles. The van der Waals surface area contributed by atoms with Crippen molar-refractivity contribution in [1.82, 2.24) is 9.88 Å². The molecule has 0 aliphatic carbocycles. The lowest BCUT2D eigenvalue weighted by Gasteiger charge is -2.22. The largest absolute Gasteiger partial charge is 0.504 e. The van der Waals surface area contributed by atoms with Gasteiger partial charge in [0.05, 0.1) is 12.8 Å². The third-order valence-electron chi connectivity index (χ3n) is 6.17. The van der Waals surface area contributed by atoms with Gasteiger partial charge in [-0.1, -0.05) is 0 Å². The molecule has 11 nitrogen and oxygen atoms in total. The maximum atomic E-state index is 15.5. The van der Waals surface area contributed by atoms with Gasteiger partial charge in [0.2, 0.25) is 11.6 Å². The first-order chi connectivity index (χ1) is 20.1. The van der Waals surface area contributed by atoms with Crippen molar-refractivity contribution >= 4 is 29.8 Å². The van der Waals surface area contributed by atoms with Crippen LogP contribution in [0.5, 0.6) is 28.9 Å². The number of nitrogens with two attached hydrogens (primary N) is 2. The monoisotopic (exact) mass is 600 g/mol. The summed E-state index contributed by atoms with van der Waals surface area (Å²) in [6, 6.07) is 8.19. The summed E-state index contributed by atoms with van der Waals surface area (Å²) >= 11 is 1.45. The first-order valence-corrected chi connectivity index (χ1v) is 13.9. The Morgan fingerprint density at radius 2 is 2.02 bits per heavy atom. The first kappa shape index (κ1) is 30.7. The third kappa shape index (κ3) is 7.13. The Morgan fingerprint density at radius 3 is 2.71 bits per heavy atom. The quantitative estimate of drug-likeness (QED) is 0.102. The van der Waals surface area contributed by atoms with Crippen LogP contribution in [-0.2, 0) is 9.53 Å². The zero-order valence-corrected chi connectivity index (χ0v) is 23.7. The number of ether oxygens (including phenoxy) is 3. The summed E-state index contributed by atoms with van der Waals surface area (Å²) < 4.78 is 46.5. The molecule has 0 spiro atoms. The number of phenolic OH excluding ortho intramolecular Hbond substituents is 1. The number of benzene rings is 2. The Kier molecular flexibility index (Phi) is 9.93. The van der Waals surface area contributed by atoms with Crippen LogP contribution in [0, 0.1) is 17.0 Å². The van der Waals surface area contributed by atoms with Crippen LogP contribution in [0.25, 0.3) is 0 Å². The molecule has 14 heteroatoms. The number of hydrogen-bond acceptors (Lipinski definition) is 11. The fourth-order valence-electron chi connectivity index (χ4n) is 3.96. The number of aromatic nitrogens is 1. The van der Waals surface area contributed by atoms with E-state index in [1.165, 1.54) is 30.0 Å². The van der Waals surface area contributed by atoms with E-state index in [2.05, 4.69) is 9.98 Å². The Morgan fingerprint density at radius 1 is 1.24 bits per heavy atom. The van der Waals surface area contributed by atoms with Gasteiger partial charge in [0.1, 0.15) is 23.8 Å². The summed E-state index contributed by atoms with van der Waals surface area (Å²) in [5.74, 6) is -4.45. The number of nitrogens with zero attached hydrogens (tertiary/aromatic N) is 3. The van der Waals surface area contributed by atoms with Crippen molar-refractivity contribution in [3.63, 3.8) is 0 Å². The third-order valence-corrected chi connectivity index (χ3v) is 7.20. The van der Waals surface area contributed by atoms with Crippen molar-refractivity contribution < 1.29 is 32.9 Å². The van der Waals surface area contributed by atoms with Gasteiger partial charge >= 0.3 is 5.97 Å². The number of rotatable bonds is 12. The fraction of sp³-hybridized carbons (Fsp3) is 0.286. The van der Waals surface area contributed by atoms with Crippen molar-refractivity contribution in [2.75, 3.05) is 26.0 Å². The van der Waals surface area contributed by atoms with E-state index >= 15 is 4.39 Å². The van der Waals surface area contributed by atoms with Gasteiger partial charge in [-0.15, -0.1) is 11.8 Å². The molecule has 0 fully saturated rings. The van der Waals surface area contributed by atoms with E-state index in [4.69, 9.17) is 31.1 Å². The van der Waals surface area contributed by atoms with Gasteiger partial charge in [-0.3, -0.25) is 20.1 Å². The normalized spacial score (nSPS) is 15.4. The molecule has 6 N–H and O–H groups in total. The number of carbonyl (C=O) groups excluding carboxylic acids is 1. The molecular weight excluding hydrogens is 570 g/mol. The predicted molar refractivity (Wildman–Crippen MR) is 154 cm³/mol. The van der Waals surface area contributed by atoms with Crippen LogP contribution < -0.4 is 20.9 Å². The summed E-state index contributed by atoms with van der Waals surface area (Å²) in [6.45, 7) is 2.53. The van der Waals surface area contributed by atoms with Gasteiger partial charge in [-0.2, -0.15) is 4.39 Å². The summed E-state index contributed by atoms with van der Waals surface area (Å²) in [5, 5.41) is 17.7. The first-order valence-electron chi connectivity index (χ1n) is 12.9. The molecule has 0 radical (unpaired) electrons. The van der Waals surface area contributed by atoms with Crippen molar-refractivity contribution in [3.05, 3.63) is 65.4 Å². The molecule has 0 bridgehead atoms. The molecule has 42 heavy (non-hydrogen) atoms. The second kappa shape index (κ2) is 13.6. The summed E-state index contributed by atoms with van der Waals surface area (Å²) in [6.07, 6.45) is 2.38. The molecule has 3 aromatic rings. The van der Waals surface area contributed by atoms with Crippen molar-refractivity contribution in [2.45, 2.75) is 30.4 Å². The predicted octanol–water partition coefficient (Wildman–Crippen LogP) is 4.32. The summed E-state index contributed by atoms with van der Waals surface area (Å²) in [7, 11) is 1.85. The van der Waals surface area contributed by atoms with Crippen LogP contribution in [0.3, 0.4) is 0 Å². The highest BCUT2D eigenvalue weighted by Crippen LogP contribution is 2.41. The number of phenols is 1. The van der Waals surface area contributed by atoms with Crippen LogP contribution in [0.2, 0.25) is 0 Å². The number of aromatic hydroxyl groups is 1. The molecule has 1 aliphatic rings. The molecule has 1 aliphatic heterocycles. The highest BCUT2D eigenvalue weighted by atomic mass is 32.2. The minimum Gasteiger partial charge on any atom is -0.504 e. The molecular formula is C28H30F2N6O5S. The molecule has 0 saturated heterocycles. The molecule has 2 aromatic carbocycles. The smallest absolute Gasteiger partial charge is 0.322 e. The van der Waals surface area contributed by atoms with E-state index in [0.717, 1.165) is 11.1 Å². The van der Waals surface area contributed by atoms with E-state index < -0.39 is 41.4 Å². The second-order valence-corrected chi connectivity index (χ2v) is 10.4. The van der Waals surface area contributed by atoms with Crippen LogP contribution in [0.1, 0.15) is 30.6 Å². The Labute approximate surface area is 245 Å². The van der Waals surface area contributed by atoms with Gasteiger partial charge in [-0.05, 0) is 56.8 Å². The van der Waals surface area contributed by atoms with Gasteiger partial charge in [-0.25, -0.2) is 9.37 Å². The molecule has 0 saturated carbocycles. The molecule has 2 atom stereocenters. The number of aliphatic imine (C=N–C) groups is 1. The van der Waals surface area contributed by atoms with Crippen molar-refractivity contribution in [2.24, 2.45) is 16.5 Å². The average molecular weight is 601 g/mol. The minimum absolute atomic E-state index is 0.148. The number of nitrogen functional groups attached to an aromatic ring is 1. The van der Waals surface area contributed by atoms with E-state index in [0.29, 0.717) is 24.3 Å². The maximum Gasteiger partial charge on any atom is 0.322 e. The van der Waals surface area contributed by atoms with Gasteiger partial charge in [0.25, 0.3) is 5.88 Å². The van der Waals surface area contributed by atoms with Crippen molar-refractivity contribution in [1.29, 1.82) is 5.41 Å². The summed E-state index contributed by atoms with van der Waals surface area (Å²) in [4.78, 5) is 22.7.